The predicted octanol–water partition coefficient (Wildman–Crippen LogP) is 5.03. The summed E-state index contributed by atoms with van der Waals surface area (Å²) in [6.07, 6.45) is 7.99. The lowest BCUT2D eigenvalue weighted by atomic mass is 9.97. The van der Waals surface area contributed by atoms with Gasteiger partial charge in [-0.2, -0.15) is 0 Å². The number of pyridine rings is 2. The van der Waals surface area contributed by atoms with Crippen LogP contribution in [0.25, 0.3) is 5.65 Å². The molecule has 168 valence electrons. The highest BCUT2D eigenvalue weighted by atomic mass is 35.5. The SMILES string of the molecule is Cc1ccc(OCC2CC2)c(C(=O)N2CCCC[C@H]2Cc2nc3c(C)cccn3c2Cl)n1. The summed E-state index contributed by atoms with van der Waals surface area (Å²) in [7, 11) is 0. The fourth-order valence-corrected chi connectivity index (χ4v) is 4.75. The lowest BCUT2D eigenvalue weighted by Crippen LogP contribution is -2.45. The number of carbonyl (C=O) groups is 1. The van der Waals surface area contributed by atoms with Crippen molar-refractivity contribution in [2.24, 2.45) is 5.92 Å². The van der Waals surface area contributed by atoms with Crippen molar-refractivity contribution in [3.05, 3.63) is 58.3 Å². The van der Waals surface area contributed by atoms with Crippen LogP contribution in [0.5, 0.6) is 5.75 Å². The highest BCUT2D eigenvalue weighted by Gasteiger charge is 2.32. The summed E-state index contributed by atoms with van der Waals surface area (Å²) in [5, 5.41) is 0.629. The molecule has 0 spiro atoms. The molecule has 1 aliphatic heterocycles. The summed E-state index contributed by atoms with van der Waals surface area (Å²) in [6, 6.07) is 7.84. The van der Waals surface area contributed by atoms with Crippen molar-refractivity contribution in [1.82, 2.24) is 19.3 Å². The smallest absolute Gasteiger partial charge is 0.276 e. The molecule has 0 unspecified atom stereocenters. The van der Waals surface area contributed by atoms with Gasteiger partial charge < -0.3 is 9.64 Å². The maximum absolute atomic E-state index is 13.7. The van der Waals surface area contributed by atoms with Crippen molar-refractivity contribution in [2.75, 3.05) is 13.2 Å². The Hall–Kier alpha value is -2.60. The molecular formula is C25H29ClN4O2. The average molecular weight is 453 g/mol. The monoisotopic (exact) mass is 452 g/mol. The number of halogens is 1. The molecule has 1 amide bonds. The second-order valence-corrected chi connectivity index (χ2v) is 9.50. The number of nitrogens with zero attached hydrogens (tertiary/aromatic N) is 4. The molecule has 5 rings (SSSR count). The Bertz CT molecular complexity index is 1150. The zero-order valence-corrected chi connectivity index (χ0v) is 19.4. The summed E-state index contributed by atoms with van der Waals surface area (Å²) in [5.41, 5.74) is 4.04. The largest absolute Gasteiger partial charge is 0.491 e. The lowest BCUT2D eigenvalue weighted by molar-refractivity contribution is 0.0601. The Labute approximate surface area is 193 Å². The van der Waals surface area contributed by atoms with Gasteiger partial charge in [0.1, 0.15) is 10.8 Å². The van der Waals surface area contributed by atoms with Crippen LogP contribution in [0.1, 0.15) is 59.5 Å². The third kappa shape index (κ3) is 4.20. The van der Waals surface area contributed by atoms with Crippen LogP contribution in [0.3, 0.4) is 0 Å². The molecule has 0 N–H and O–H groups in total. The first-order chi connectivity index (χ1) is 15.5. The Kier molecular flexibility index (Phi) is 5.80. The molecule has 0 radical (unpaired) electrons. The minimum Gasteiger partial charge on any atom is -0.491 e. The third-order valence-corrected chi connectivity index (χ3v) is 6.94. The maximum atomic E-state index is 13.7. The molecule has 0 bridgehead atoms. The first-order valence-corrected chi connectivity index (χ1v) is 11.9. The highest BCUT2D eigenvalue weighted by molar-refractivity contribution is 6.30. The van der Waals surface area contributed by atoms with Crippen LogP contribution < -0.4 is 4.74 Å². The van der Waals surface area contributed by atoms with Crippen LogP contribution >= 0.6 is 11.6 Å². The van der Waals surface area contributed by atoms with Gasteiger partial charge in [0.05, 0.1) is 12.3 Å². The van der Waals surface area contributed by atoms with Crippen LogP contribution in [0, 0.1) is 19.8 Å². The molecule has 3 aromatic heterocycles. The molecule has 1 saturated heterocycles. The van der Waals surface area contributed by atoms with E-state index in [1.54, 1.807) is 0 Å². The van der Waals surface area contributed by atoms with E-state index in [-0.39, 0.29) is 11.9 Å². The minimum absolute atomic E-state index is 0.0394. The number of aryl methyl sites for hydroxylation is 2. The number of hydrogen-bond donors (Lipinski definition) is 0. The highest BCUT2D eigenvalue weighted by Crippen LogP contribution is 2.32. The average Bonchev–Trinajstić information content (AvgIpc) is 3.57. The van der Waals surface area contributed by atoms with Gasteiger partial charge in [-0.15, -0.1) is 0 Å². The zero-order valence-electron chi connectivity index (χ0n) is 18.7. The number of hydrogen-bond acceptors (Lipinski definition) is 4. The summed E-state index contributed by atoms with van der Waals surface area (Å²) >= 11 is 6.68. The first-order valence-electron chi connectivity index (χ1n) is 11.5. The molecule has 1 aliphatic carbocycles. The molecule has 0 aromatic carbocycles. The van der Waals surface area contributed by atoms with E-state index < -0.39 is 0 Å². The van der Waals surface area contributed by atoms with Gasteiger partial charge in [-0.3, -0.25) is 9.20 Å². The van der Waals surface area contributed by atoms with E-state index in [0.717, 1.165) is 41.9 Å². The van der Waals surface area contributed by atoms with Gasteiger partial charge in [0.15, 0.2) is 11.4 Å². The van der Waals surface area contributed by atoms with E-state index in [2.05, 4.69) is 4.98 Å². The lowest BCUT2D eigenvalue weighted by Gasteiger charge is -2.35. The van der Waals surface area contributed by atoms with E-state index >= 15 is 0 Å². The van der Waals surface area contributed by atoms with Gasteiger partial charge in [0.25, 0.3) is 5.91 Å². The van der Waals surface area contributed by atoms with Crippen molar-refractivity contribution in [3.8, 4) is 5.75 Å². The Balaban J connectivity index is 1.41. The second-order valence-electron chi connectivity index (χ2n) is 9.14. The number of imidazole rings is 1. The van der Waals surface area contributed by atoms with Crippen LogP contribution in [0.4, 0.5) is 0 Å². The molecule has 7 heteroatoms. The van der Waals surface area contributed by atoms with Crippen LogP contribution in [0.15, 0.2) is 30.5 Å². The summed E-state index contributed by atoms with van der Waals surface area (Å²) in [4.78, 5) is 25.0. The zero-order chi connectivity index (χ0) is 22.2. The molecule has 32 heavy (non-hydrogen) atoms. The summed E-state index contributed by atoms with van der Waals surface area (Å²) < 4.78 is 7.93. The molecular weight excluding hydrogens is 424 g/mol. The predicted molar refractivity (Wildman–Crippen MR) is 125 cm³/mol. The standard InChI is InChI=1S/C25H29ClN4O2/c1-16-6-5-13-30-23(26)20(28-24(16)30)14-19-7-3-4-12-29(19)25(31)22-21(11-8-17(2)27-22)32-15-18-9-10-18/h5-6,8,11,13,18-19H,3-4,7,9-10,12,14-15H2,1-2H3/t19-/m0/s1. The van der Waals surface area contributed by atoms with E-state index in [1.807, 2.05) is 53.6 Å². The molecule has 1 atom stereocenters. The van der Waals surface area contributed by atoms with Crippen molar-refractivity contribution in [1.29, 1.82) is 0 Å². The molecule has 2 aliphatic rings. The number of amides is 1. The van der Waals surface area contributed by atoms with Gasteiger partial charge >= 0.3 is 0 Å². The maximum Gasteiger partial charge on any atom is 0.276 e. The van der Waals surface area contributed by atoms with E-state index in [9.17, 15) is 4.79 Å². The van der Waals surface area contributed by atoms with Gasteiger partial charge in [0.2, 0.25) is 0 Å². The number of ether oxygens (including phenoxy) is 1. The topological polar surface area (TPSA) is 59.7 Å². The number of likely N-dealkylation sites (tertiary alicyclic amines) is 1. The molecule has 1 saturated carbocycles. The fourth-order valence-electron chi connectivity index (χ4n) is 4.50. The first kappa shape index (κ1) is 21.3. The number of rotatable bonds is 6. The molecule has 6 nitrogen and oxygen atoms in total. The Morgan fingerprint density at radius 2 is 2.00 bits per heavy atom. The summed E-state index contributed by atoms with van der Waals surface area (Å²) in [5.74, 6) is 1.15. The number of carbonyl (C=O) groups excluding carboxylic acids is 1. The molecule has 2 fully saturated rings. The van der Waals surface area contributed by atoms with Crippen LogP contribution in [0.2, 0.25) is 5.15 Å². The van der Waals surface area contributed by atoms with E-state index in [0.29, 0.717) is 42.1 Å². The Morgan fingerprint density at radius 1 is 1.16 bits per heavy atom. The number of aromatic nitrogens is 3. The molecule has 3 aromatic rings. The van der Waals surface area contributed by atoms with Gasteiger partial charge in [-0.05, 0) is 75.6 Å². The third-order valence-electron chi connectivity index (χ3n) is 6.54. The van der Waals surface area contributed by atoms with Crippen molar-refractivity contribution in [2.45, 2.75) is 58.4 Å². The van der Waals surface area contributed by atoms with Crippen LogP contribution in [-0.2, 0) is 6.42 Å². The van der Waals surface area contributed by atoms with Gasteiger partial charge in [-0.1, -0.05) is 17.7 Å². The second kappa shape index (κ2) is 8.74. The van der Waals surface area contributed by atoms with Gasteiger partial charge in [-0.25, -0.2) is 9.97 Å². The Morgan fingerprint density at radius 3 is 2.78 bits per heavy atom. The van der Waals surface area contributed by atoms with E-state index in [1.165, 1.54) is 12.8 Å². The summed E-state index contributed by atoms with van der Waals surface area (Å²) in [6.45, 7) is 5.31. The van der Waals surface area contributed by atoms with Crippen molar-refractivity contribution < 1.29 is 9.53 Å². The fraction of sp³-hybridized carbons (Fsp3) is 0.480. The van der Waals surface area contributed by atoms with E-state index in [4.69, 9.17) is 21.3 Å². The van der Waals surface area contributed by atoms with Crippen LogP contribution in [-0.4, -0.2) is 44.4 Å². The minimum atomic E-state index is -0.0553. The van der Waals surface area contributed by atoms with Crippen molar-refractivity contribution >= 4 is 23.2 Å². The quantitative estimate of drug-likeness (QED) is 0.526. The number of piperidine rings is 1. The van der Waals surface area contributed by atoms with Gasteiger partial charge in [0, 0.05) is 30.9 Å². The normalized spacial score (nSPS) is 18.8. The number of fused-ring (bicyclic) bond motifs is 1. The van der Waals surface area contributed by atoms with Crippen molar-refractivity contribution in [3.63, 3.8) is 0 Å². The molecule has 4 heterocycles.